The molecule has 5 nitrogen and oxygen atoms in total. The molecule has 0 fully saturated rings. The average molecular weight is 337 g/mol. The van der Waals surface area contributed by atoms with Crippen molar-refractivity contribution in [3.05, 3.63) is 52.4 Å². The lowest BCUT2D eigenvalue weighted by molar-refractivity contribution is 0.797. The lowest BCUT2D eigenvalue weighted by atomic mass is 9.99. The molecule has 2 rings (SSSR count). The molecule has 1 heterocycles. The third-order valence-corrected chi connectivity index (χ3v) is 4.47. The summed E-state index contributed by atoms with van der Waals surface area (Å²) in [5.74, 6) is 0.294. The summed E-state index contributed by atoms with van der Waals surface area (Å²) in [4.78, 5) is 8.77. The van der Waals surface area contributed by atoms with Crippen LogP contribution in [0.5, 0.6) is 0 Å². The average Bonchev–Trinajstić information content (AvgIpc) is 2.53. The number of allylic oxidation sites excluding steroid dienone is 2. The first kappa shape index (κ1) is 18.6. The van der Waals surface area contributed by atoms with Gasteiger partial charge in [0.1, 0.15) is 0 Å². The smallest absolute Gasteiger partial charge is 0.220 e. The van der Waals surface area contributed by atoms with Gasteiger partial charge in [-0.05, 0) is 69.7 Å². The second-order valence-electron chi connectivity index (χ2n) is 6.49. The molecule has 0 aliphatic carbocycles. The van der Waals surface area contributed by atoms with E-state index in [1.165, 1.54) is 11.1 Å². The van der Waals surface area contributed by atoms with Crippen molar-refractivity contribution < 1.29 is 0 Å². The molecule has 132 valence electrons. The zero-order valence-corrected chi connectivity index (χ0v) is 15.5. The second-order valence-corrected chi connectivity index (χ2v) is 6.49. The lowest BCUT2D eigenvalue weighted by Crippen LogP contribution is -2.07. The van der Waals surface area contributed by atoms with Crippen LogP contribution < -0.4 is 11.5 Å². The SMILES string of the molecule is CC(=N)/C(CCCc1cc(-c2cccc(C)c2C)nc(N)n1)=C(/C)N. The molecule has 0 radical (unpaired) electrons. The number of nitrogens with one attached hydrogen (secondary N) is 1. The normalized spacial score (nSPS) is 12.0. The Kier molecular flexibility index (Phi) is 5.91. The predicted octanol–water partition coefficient (Wildman–Crippen LogP) is 3.94. The summed E-state index contributed by atoms with van der Waals surface area (Å²) in [7, 11) is 0. The fourth-order valence-corrected chi connectivity index (χ4v) is 2.94. The minimum atomic E-state index is 0.294. The monoisotopic (exact) mass is 337 g/mol. The number of hydrogen-bond acceptors (Lipinski definition) is 5. The Bertz CT molecular complexity index is 817. The van der Waals surface area contributed by atoms with E-state index in [4.69, 9.17) is 16.9 Å². The molecule has 0 bridgehead atoms. The molecule has 5 heteroatoms. The highest BCUT2D eigenvalue weighted by molar-refractivity contribution is 5.96. The number of hydrogen-bond donors (Lipinski definition) is 3. The van der Waals surface area contributed by atoms with E-state index in [1.54, 1.807) is 6.92 Å². The molecule has 5 N–H and O–H groups in total. The van der Waals surface area contributed by atoms with Gasteiger partial charge in [0, 0.05) is 22.7 Å². The van der Waals surface area contributed by atoms with Crippen LogP contribution in [-0.2, 0) is 6.42 Å². The van der Waals surface area contributed by atoms with Crippen molar-refractivity contribution in [2.75, 3.05) is 5.73 Å². The standard InChI is InChI=1S/C20H27N5/c1-12-7-5-9-17(13(12)2)19-11-16(24-20(23)25-19)8-6-10-18(14(3)21)15(4)22/h5,7,9,11,21H,6,8,10,22H2,1-4H3,(H2,23,24,25)/b18-15-,21-14?. The minimum Gasteiger partial charge on any atom is -0.402 e. The summed E-state index contributed by atoms with van der Waals surface area (Å²) < 4.78 is 0. The van der Waals surface area contributed by atoms with Gasteiger partial charge in [0.15, 0.2) is 0 Å². The number of aromatic nitrogens is 2. The maximum atomic E-state index is 7.81. The van der Waals surface area contributed by atoms with E-state index in [9.17, 15) is 0 Å². The number of nitrogens with zero attached hydrogens (tertiary/aromatic N) is 2. The van der Waals surface area contributed by atoms with Gasteiger partial charge in [-0.15, -0.1) is 0 Å². The zero-order chi connectivity index (χ0) is 18.6. The fraction of sp³-hybridized carbons (Fsp3) is 0.350. The highest BCUT2D eigenvalue weighted by atomic mass is 15.0. The van der Waals surface area contributed by atoms with Crippen molar-refractivity contribution in [1.29, 1.82) is 5.41 Å². The summed E-state index contributed by atoms with van der Waals surface area (Å²) in [6.45, 7) is 7.80. The Morgan fingerprint density at radius 3 is 2.52 bits per heavy atom. The Morgan fingerprint density at radius 1 is 1.16 bits per heavy atom. The molecule has 0 amide bonds. The molecule has 0 aliphatic rings. The van der Waals surface area contributed by atoms with Crippen molar-refractivity contribution in [3.63, 3.8) is 0 Å². The molecular formula is C20H27N5. The van der Waals surface area contributed by atoms with E-state index < -0.39 is 0 Å². The van der Waals surface area contributed by atoms with Crippen LogP contribution in [0.2, 0.25) is 0 Å². The third kappa shape index (κ3) is 4.66. The fourth-order valence-electron chi connectivity index (χ4n) is 2.94. The third-order valence-electron chi connectivity index (χ3n) is 4.47. The maximum absolute atomic E-state index is 7.81. The van der Waals surface area contributed by atoms with Crippen LogP contribution in [0.3, 0.4) is 0 Å². The molecule has 0 saturated carbocycles. The molecule has 0 unspecified atom stereocenters. The molecule has 0 spiro atoms. The van der Waals surface area contributed by atoms with Gasteiger partial charge in [-0.2, -0.15) is 0 Å². The molecule has 2 aromatic rings. The lowest BCUT2D eigenvalue weighted by Gasteiger charge is -2.11. The van der Waals surface area contributed by atoms with E-state index in [2.05, 4.69) is 35.9 Å². The summed E-state index contributed by atoms with van der Waals surface area (Å²) in [6.07, 6.45) is 2.40. The molecule has 1 aromatic carbocycles. The van der Waals surface area contributed by atoms with Crippen LogP contribution in [0, 0.1) is 19.3 Å². The summed E-state index contributed by atoms with van der Waals surface area (Å²) >= 11 is 0. The van der Waals surface area contributed by atoms with Crippen LogP contribution in [0.15, 0.2) is 35.5 Å². The minimum absolute atomic E-state index is 0.294. The van der Waals surface area contributed by atoms with Gasteiger partial charge >= 0.3 is 0 Å². The van der Waals surface area contributed by atoms with Crippen LogP contribution >= 0.6 is 0 Å². The predicted molar refractivity (Wildman–Crippen MR) is 105 cm³/mol. The molecule has 0 saturated heterocycles. The number of aryl methyl sites for hydroxylation is 2. The van der Waals surface area contributed by atoms with E-state index in [-0.39, 0.29) is 0 Å². The van der Waals surface area contributed by atoms with Gasteiger partial charge in [0.05, 0.1) is 5.69 Å². The summed E-state index contributed by atoms with van der Waals surface area (Å²) in [5, 5.41) is 7.81. The van der Waals surface area contributed by atoms with Gasteiger partial charge in [-0.3, -0.25) is 0 Å². The number of rotatable bonds is 6. The van der Waals surface area contributed by atoms with Gasteiger partial charge in [-0.1, -0.05) is 18.2 Å². The number of nitrogen functional groups attached to an aromatic ring is 1. The first-order valence-electron chi connectivity index (χ1n) is 8.50. The second kappa shape index (κ2) is 7.92. The van der Waals surface area contributed by atoms with Crippen molar-refractivity contribution in [2.45, 2.75) is 47.0 Å². The Labute approximate surface area is 149 Å². The highest BCUT2D eigenvalue weighted by Crippen LogP contribution is 2.25. The van der Waals surface area contributed by atoms with E-state index in [0.29, 0.717) is 17.4 Å². The Hall–Kier alpha value is -2.69. The van der Waals surface area contributed by atoms with Gasteiger partial charge in [0.2, 0.25) is 5.95 Å². The first-order valence-corrected chi connectivity index (χ1v) is 8.50. The van der Waals surface area contributed by atoms with E-state index in [0.717, 1.165) is 41.8 Å². The number of anilines is 1. The molecule has 0 atom stereocenters. The molecule has 0 aliphatic heterocycles. The van der Waals surface area contributed by atoms with Crippen molar-refractivity contribution in [2.24, 2.45) is 5.73 Å². The van der Waals surface area contributed by atoms with Crippen molar-refractivity contribution >= 4 is 11.7 Å². The van der Waals surface area contributed by atoms with Crippen molar-refractivity contribution in [3.8, 4) is 11.3 Å². The van der Waals surface area contributed by atoms with Gasteiger partial charge in [-0.25, -0.2) is 9.97 Å². The Balaban J connectivity index is 2.21. The number of nitrogens with two attached hydrogens (primary N) is 2. The largest absolute Gasteiger partial charge is 0.402 e. The maximum Gasteiger partial charge on any atom is 0.220 e. The summed E-state index contributed by atoms with van der Waals surface area (Å²) in [5.41, 5.74) is 19.2. The topological polar surface area (TPSA) is 102 Å². The van der Waals surface area contributed by atoms with Crippen LogP contribution in [0.25, 0.3) is 11.3 Å². The highest BCUT2D eigenvalue weighted by Gasteiger charge is 2.10. The quantitative estimate of drug-likeness (QED) is 0.695. The van der Waals surface area contributed by atoms with E-state index in [1.807, 2.05) is 19.1 Å². The van der Waals surface area contributed by atoms with E-state index >= 15 is 0 Å². The van der Waals surface area contributed by atoms with Gasteiger partial charge in [0.25, 0.3) is 0 Å². The van der Waals surface area contributed by atoms with Crippen molar-refractivity contribution in [1.82, 2.24) is 9.97 Å². The molecule has 1 aromatic heterocycles. The summed E-state index contributed by atoms with van der Waals surface area (Å²) in [6, 6.07) is 8.19. The van der Waals surface area contributed by atoms with Crippen LogP contribution in [0.4, 0.5) is 5.95 Å². The molecule has 25 heavy (non-hydrogen) atoms. The van der Waals surface area contributed by atoms with Crippen LogP contribution in [-0.4, -0.2) is 15.7 Å². The zero-order valence-electron chi connectivity index (χ0n) is 15.5. The van der Waals surface area contributed by atoms with Crippen LogP contribution in [0.1, 0.15) is 43.5 Å². The van der Waals surface area contributed by atoms with Gasteiger partial charge < -0.3 is 16.9 Å². The Morgan fingerprint density at radius 2 is 1.88 bits per heavy atom. The first-order chi connectivity index (χ1) is 11.8. The molecular weight excluding hydrogens is 310 g/mol. The number of benzene rings is 1.